The summed E-state index contributed by atoms with van der Waals surface area (Å²) in [6.07, 6.45) is 1.11. The number of imidazole rings is 1. The van der Waals surface area contributed by atoms with Crippen LogP contribution in [0, 0.1) is 0 Å². The normalized spacial score (nSPS) is 11.9. The smallest absolute Gasteiger partial charge is 0.123 e. The van der Waals surface area contributed by atoms with Gasteiger partial charge in [0.15, 0.2) is 0 Å². The van der Waals surface area contributed by atoms with Crippen LogP contribution in [-0.2, 0) is 13.1 Å². The molecule has 2 rings (SSSR count). The Morgan fingerprint density at radius 3 is 2.65 bits per heavy atom. The highest BCUT2D eigenvalue weighted by Gasteiger charge is 2.11. The molecule has 1 aromatic carbocycles. The summed E-state index contributed by atoms with van der Waals surface area (Å²) in [7, 11) is 4.20. The molecule has 2 aromatic rings. The van der Waals surface area contributed by atoms with Crippen molar-refractivity contribution < 1.29 is 0 Å². The molecule has 0 unspecified atom stereocenters. The summed E-state index contributed by atoms with van der Waals surface area (Å²) in [6, 6.07) is 6.59. The standard InChI is InChI=1S/C16H26N4/c1-12(2)13-6-7-15-14(10-13)18-16(11-17)20(15)9-5-8-19(3)4/h6-7,10,12H,5,8-9,11,17H2,1-4H3. The molecule has 1 heterocycles. The molecule has 0 saturated heterocycles. The van der Waals surface area contributed by atoms with Gasteiger partial charge in [-0.15, -0.1) is 0 Å². The highest BCUT2D eigenvalue weighted by atomic mass is 15.1. The van der Waals surface area contributed by atoms with Crippen LogP contribution >= 0.6 is 0 Å². The third-order valence-corrected chi connectivity index (χ3v) is 3.69. The van der Waals surface area contributed by atoms with Gasteiger partial charge in [0, 0.05) is 6.54 Å². The average Bonchev–Trinajstić information content (AvgIpc) is 2.75. The first-order chi connectivity index (χ1) is 9.52. The summed E-state index contributed by atoms with van der Waals surface area (Å²) < 4.78 is 2.27. The van der Waals surface area contributed by atoms with Gasteiger partial charge in [-0.25, -0.2) is 4.98 Å². The molecular formula is C16H26N4. The van der Waals surface area contributed by atoms with Gasteiger partial charge in [0.1, 0.15) is 5.82 Å². The van der Waals surface area contributed by atoms with E-state index >= 15 is 0 Å². The molecule has 110 valence electrons. The van der Waals surface area contributed by atoms with Crippen LogP contribution in [0.15, 0.2) is 18.2 Å². The molecule has 0 saturated carbocycles. The number of nitrogens with two attached hydrogens (primary N) is 1. The van der Waals surface area contributed by atoms with Crippen molar-refractivity contribution >= 4 is 11.0 Å². The maximum Gasteiger partial charge on any atom is 0.123 e. The van der Waals surface area contributed by atoms with E-state index in [1.807, 2.05) is 0 Å². The SMILES string of the molecule is CC(C)c1ccc2c(c1)nc(CN)n2CCCN(C)C. The second-order valence-corrected chi connectivity index (χ2v) is 5.94. The molecule has 0 atom stereocenters. The third-order valence-electron chi connectivity index (χ3n) is 3.69. The number of aromatic nitrogens is 2. The van der Waals surface area contributed by atoms with Crippen molar-refractivity contribution in [2.75, 3.05) is 20.6 Å². The Hall–Kier alpha value is -1.39. The molecule has 0 spiro atoms. The van der Waals surface area contributed by atoms with E-state index in [2.05, 4.69) is 55.6 Å². The van der Waals surface area contributed by atoms with E-state index in [4.69, 9.17) is 10.7 Å². The zero-order valence-corrected chi connectivity index (χ0v) is 13.1. The molecule has 0 bridgehead atoms. The van der Waals surface area contributed by atoms with Crippen molar-refractivity contribution in [2.24, 2.45) is 5.73 Å². The van der Waals surface area contributed by atoms with E-state index in [9.17, 15) is 0 Å². The Bertz CT molecular complexity index is 569. The number of aryl methyl sites for hydroxylation is 1. The van der Waals surface area contributed by atoms with Crippen LogP contribution in [0.2, 0.25) is 0 Å². The summed E-state index contributed by atoms with van der Waals surface area (Å²) in [6.45, 7) is 6.96. The topological polar surface area (TPSA) is 47.1 Å². The van der Waals surface area contributed by atoms with Crippen molar-refractivity contribution in [3.63, 3.8) is 0 Å². The predicted molar refractivity (Wildman–Crippen MR) is 84.9 cm³/mol. The predicted octanol–water partition coefficient (Wildman–Crippen LogP) is 2.57. The molecule has 4 heteroatoms. The lowest BCUT2D eigenvalue weighted by molar-refractivity contribution is 0.386. The van der Waals surface area contributed by atoms with Crippen molar-refractivity contribution in [3.05, 3.63) is 29.6 Å². The second kappa shape index (κ2) is 6.37. The first-order valence-electron chi connectivity index (χ1n) is 7.36. The largest absolute Gasteiger partial charge is 0.327 e. The van der Waals surface area contributed by atoms with Gasteiger partial charge >= 0.3 is 0 Å². The minimum atomic E-state index is 0.494. The highest BCUT2D eigenvalue weighted by molar-refractivity contribution is 5.77. The van der Waals surface area contributed by atoms with Crippen LogP contribution in [0.1, 0.15) is 37.6 Å². The van der Waals surface area contributed by atoms with Crippen molar-refractivity contribution in [2.45, 2.75) is 39.3 Å². The first-order valence-corrected chi connectivity index (χ1v) is 7.36. The fraction of sp³-hybridized carbons (Fsp3) is 0.562. The first kappa shape index (κ1) is 15.0. The monoisotopic (exact) mass is 274 g/mol. The van der Waals surface area contributed by atoms with E-state index < -0.39 is 0 Å². The Balaban J connectivity index is 2.32. The zero-order chi connectivity index (χ0) is 14.7. The van der Waals surface area contributed by atoms with Gasteiger partial charge in [-0.1, -0.05) is 19.9 Å². The number of fused-ring (bicyclic) bond motifs is 1. The van der Waals surface area contributed by atoms with Gasteiger partial charge in [0.25, 0.3) is 0 Å². The Morgan fingerprint density at radius 1 is 1.30 bits per heavy atom. The third kappa shape index (κ3) is 3.19. The van der Waals surface area contributed by atoms with E-state index in [0.717, 1.165) is 30.9 Å². The molecule has 0 aliphatic carbocycles. The van der Waals surface area contributed by atoms with Gasteiger partial charge in [-0.2, -0.15) is 0 Å². The summed E-state index contributed by atoms with van der Waals surface area (Å²) >= 11 is 0. The number of nitrogens with zero attached hydrogens (tertiary/aromatic N) is 3. The maximum atomic E-state index is 5.85. The number of hydrogen-bond donors (Lipinski definition) is 1. The van der Waals surface area contributed by atoms with Crippen LogP contribution in [0.4, 0.5) is 0 Å². The Morgan fingerprint density at radius 2 is 2.05 bits per heavy atom. The summed E-state index contributed by atoms with van der Waals surface area (Å²) in [5, 5.41) is 0. The molecular weight excluding hydrogens is 248 g/mol. The molecule has 0 aliphatic heterocycles. The van der Waals surface area contributed by atoms with Crippen LogP contribution in [-0.4, -0.2) is 35.1 Å². The lowest BCUT2D eigenvalue weighted by Gasteiger charge is -2.12. The van der Waals surface area contributed by atoms with Crippen LogP contribution in [0.5, 0.6) is 0 Å². The van der Waals surface area contributed by atoms with Gasteiger partial charge in [0.05, 0.1) is 17.6 Å². The quantitative estimate of drug-likeness (QED) is 0.880. The molecule has 1 aromatic heterocycles. The van der Waals surface area contributed by atoms with Gasteiger partial charge in [-0.3, -0.25) is 0 Å². The molecule has 20 heavy (non-hydrogen) atoms. The Labute approximate surface area is 121 Å². The van der Waals surface area contributed by atoms with E-state index in [-0.39, 0.29) is 0 Å². The van der Waals surface area contributed by atoms with E-state index in [0.29, 0.717) is 12.5 Å². The van der Waals surface area contributed by atoms with E-state index in [1.165, 1.54) is 11.1 Å². The number of hydrogen-bond acceptors (Lipinski definition) is 3. The summed E-state index contributed by atoms with van der Waals surface area (Å²) in [5.41, 5.74) is 9.46. The highest BCUT2D eigenvalue weighted by Crippen LogP contribution is 2.22. The minimum Gasteiger partial charge on any atom is -0.327 e. The molecule has 2 N–H and O–H groups in total. The fourth-order valence-electron chi connectivity index (χ4n) is 2.51. The summed E-state index contributed by atoms with van der Waals surface area (Å²) in [4.78, 5) is 6.90. The summed E-state index contributed by atoms with van der Waals surface area (Å²) in [5.74, 6) is 1.51. The van der Waals surface area contributed by atoms with Crippen molar-refractivity contribution in [3.8, 4) is 0 Å². The van der Waals surface area contributed by atoms with Crippen LogP contribution in [0.25, 0.3) is 11.0 Å². The molecule has 0 amide bonds. The van der Waals surface area contributed by atoms with Crippen LogP contribution < -0.4 is 5.73 Å². The van der Waals surface area contributed by atoms with Crippen LogP contribution in [0.3, 0.4) is 0 Å². The van der Waals surface area contributed by atoms with Crippen molar-refractivity contribution in [1.29, 1.82) is 0 Å². The minimum absolute atomic E-state index is 0.494. The average molecular weight is 274 g/mol. The number of rotatable bonds is 6. The maximum absolute atomic E-state index is 5.85. The number of benzene rings is 1. The second-order valence-electron chi connectivity index (χ2n) is 5.94. The lowest BCUT2D eigenvalue weighted by atomic mass is 10.0. The van der Waals surface area contributed by atoms with Gasteiger partial charge in [-0.05, 0) is 50.7 Å². The molecule has 4 nitrogen and oxygen atoms in total. The van der Waals surface area contributed by atoms with Gasteiger partial charge in [0.2, 0.25) is 0 Å². The van der Waals surface area contributed by atoms with E-state index in [1.54, 1.807) is 0 Å². The van der Waals surface area contributed by atoms with Crippen molar-refractivity contribution in [1.82, 2.24) is 14.5 Å². The fourth-order valence-corrected chi connectivity index (χ4v) is 2.51. The Kier molecular flexibility index (Phi) is 4.78. The lowest BCUT2D eigenvalue weighted by Crippen LogP contribution is -2.16. The molecule has 0 fully saturated rings. The molecule has 0 aliphatic rings. The molecule has 0 radical (unpaired) electrons. The zero-order valence-electron chi connectivity index (χ0n) is 13.1. The van der Waals surface area contributed by atoms with Gasteiger partial charge < -0.3 is 15.2 Å².